The maximum absolute atomic E-state index is 13.1. The summed E-state index contributed by atoms with van der Waals surface area (Å²) in [7, 11) is 0. The monoisotopic (exact) mass is 353 g/mol. The number of tetrazole rings is 1. The molecule has 26 heavy (non-hydrogen) atoms. The number of benzene rings is 1. The Morgan fingerprint density at radius 1 is 1.19 bits per heavy atom. The predicted octanol–water partition coefficient (Wildman–Crippen LogP) is 3.15. The summed E-state index contributed by atoms with van der Waals surface area (Å²) in [5.41, 5.74) is 3.39. The quantitative estimate of drug-likeness (QED) is 0.854. The fourth-order valence-corrected chi connectivity index (χ4v) is 3.86. The van der Waals surface area contributed by atoms with Crippen molar-refractivity contribution in [2.45, 2.75) is 58.1 Å². The summed E-state index contributed by atoms with van der Waals surface area (Å²) in [6.07, 6.45) is 5.34. The lowest BCUT2D eigenvalue weighted by molar-refractivity contribution is -0.146. The van der Waals surface area contributed by atoms with Gasteiger partial charge in [0.1, 0.15) is 12.1 Å². The molecule has 0 saturated heterocycles. The zero-order valence-electron chi connectivity index (χ0n) is 15.1. The molecular formula is C19H23N5O2. The highest BCUT2D eigenvalue weighted by atomic mass is 16.5. The third-order valence-corrected chi connectivity index (χ3v) is 5.24. The van der Waals surface area contributed by atoms with E-state index < -0.39 is 6.04 Å². The molecule has 1 N–H and O–H groups in total. The van der Waals surface area contributed by atoms with E-state index in [2.05, 4.69) is 20.8 Å². The molecule has 1 fully saturated rings. The molecule has 136 valence electrons. The zero-order chi connectivity index (χ0) is 18.1. The number of aryl methyl sites for hydroxylation is 1. The molecule has 7 nitrogen and oxygen atoms in total. The highest BCUT2D eigenvalue weighted by molar-refractivity contribution is 5.92. The summed E-state index contributed by atoms with van der Waals surface area (Å²) >= 11 is 0. The van der Waals surface area contributed by atoms with Crippen LogP contribution in [-0.4, -0.2) is 32.3 Å². The Hall–Kier alpha value is -2.70. The van der Waals surface area contributed by atoms with E-state index in [0.29, 0.717) is 11.5 Å². The lowest BCUT2D eigenvalue weighted by Gasteiger charge is -2.30. The first kappa shape index (κ1) is 16.8. The summed E-state index contributed by atoms with van der Waals surface area (Å²) in [5.74, 6) is 0.251. The van der Waals surface area contributed by atoms with Crippen molar-refractivity contribution in [3.05, 3.63) is 46.7 Å². The molecule has 2 heterocycles. The van der Waals surface area contributed by atoms with Crippen molar-refractivity contribution in [3.8, 4) is 0 Å². The van der Waals surface area contributed by atoms with E-state index in [-0.39, 0.29) is 12.1 Å². The number of fused-ring (bicyclic) bond motifs is 1. The van der Waals surface area contributed by atoms with E-state index in [9.17, 15) is 4.79 Å². The number of allylic oxidation sites excluding steroid dienone is 1. The second-order valence-electron chi connectivity index (χ2n) is 7.04. The second-order valence-corrected chi connectivity index (χ2v) is 7.04. The topological polar surface area (TPSA) is 81.9 Å². The molecule has 1 aromatic carbocycles. The first-order valence-corrected chi connectivity index (χ1v) is 9.17. The minimum Gasteiger partial charge on any atom is -0.459 e. The highest BCUT2D eigenvalue weighted by Crippen LogP contribution is 2.36. The summed E-state index contributed by atoms with van der Waals surface area (Å²) in [5, 5.41) is 15.1. The average Bonchev–Trinajstić information content (AvgIpc) is 3.10. The van der Waals surface area contributed by atoms with E-state index in [4.69, 9.17) is 4.74 Å². The van der Waals surface area contributed by atoms with Gasteiger partial charge in [-0.25, -0.2) is 4.79 Å². The smallest absolute Gasteiger partial charge is 0.338 e. The largest absolute Gasteiger partial charge is 0.459 e. The zero-order valence-corrected chi connectivity index (χ0v) is 15.1. The molecule has 2 aromatic rings. The molecule has 4 rings (SSSR count). The number of hydrogen-bond acceptors (Lipinski definition) is 6. The van der Waals surface area contributed by atoms with Crippen LogP contribution in [0.25, 0.3) is 0 Å². The van der Waals surface area contributed by atoms with Gasteiger partial charge in [-0.2, -0.15) is 4.68 Å². The molecule has 1 aromatic heterocycles. The number of carbonyl (C=O) groups is 1. The molecule has 0 amide bonds. The van der Waals surface area contributed by atoms with Crippen LogP contribution >= 0.6 is 0 Å². The molecule has 1 unspecified atom stereocenters. The third kappa shape index (κ3) is 2.98. The molecular weight excluding hydrogens is 330 g/mol. The number of nitrogens with zero attached hydrogens (tertiary/aromatic N) is 4. The lowest BCUT2D eigenvalue weighted by atomic mass is 9.92. The minimum atomic E-state index is -0.390. The van der Waals surface area contributed by atoms with Gasteiger partial charge in [-0.3, -0.25) is 0 Å². The van der Waals surface area contributed by atoms with Gasteiger partial charge >= 0.3 is 5.97 Å². The SMILES string of the molecule is CC1=C(C(=O)OC2CCCCC2)C(c2ccccc2C)n2nnnc2N1. The molecule has 1 aliphatic carbocycles. The van der Waals surface area contributed by atoms with E-state index in [1.807, 2.05) is 38.1 Å². The molecule has 1 saturated carbocycles. The minimum absolute atomic E-state index is 0.00402. The van der Waals surface area contributed by atoms with Gasteiger partial charge in [0.25, 0.3) is 0 Å². The van der Waals surface area contributed by atoms with Crippen LogP contribution in [0.1, 0.15) is 56.2 Å². The second kappa shape index (κ2) is 6.90. The van der Waals surface area contributed by atoms with Crippen molar-refractivity contribution in [3.63, 3.8) is 0 Å². The fraction of sp³-hybridized carbons (Fsp3) is 0.474. The van der Waals surface area contributed by atoms with Gasteiger partial charge in [0.2, 0.25) is 5.95 Å². The van der Waals surface area contributed by atoms with E-state index >= 15 is 0 Å². The van der Waals surface area contributed by atoms with Crippen LogP contribution in [0.5, 0.6) is 0 Å². The number of esters is 1. The summed E-state index contributed by atoms with van der Waals surface area (Å²) in [6, 6.07) is 7.60. The summed E-state index contributed by atoms with van der Waals surface area (Å²) < 4.78 is 7.53. The van der Waals surface area contributed by atoms with Crippen LogP contribution in [-0.2, 0) is 9.53 Å². The van der Waals surface area contributed by atoms with Crippen LogP contribution in [0.15, 0.2) is 35.5 Å². The number of rotatable bonds is 3. The average molecular weight is 353 g/mol. The Morgan fingerprint density at radius 3 is 2.73 bits per heavy atom. The maximum atomic E-state index is 13.1. The number of anilines is 1. The van der Waals surface area contributed by atoms with E-state index in [1.54, 1.807) is 4.68 Å². The molecule has 0 bridgehead atoms. The van der Waals surface area contributed by atoms with Gasteiger partial charge in [-0.1, -0.05) is 35.8 Å². The van der Waals surface area contributed by atoms with Crippen LogP contribution in [0, 0.1) is 6.92 Å². The first-order chi connectivity index (χ1) is 12.6. The van der Waals surface area contributed by atoms with Crippen LogP contribution in [0.2, 0.25) is 0 Å². The first-order valence-electron chi connectivity index (χ1n) is 9.17. The Balaban J connectivity index is 1.72. The van der Waals surface area contributed by atoms with E-state index in [0.717, 1.165) is 42.5 Å². The van der Waals surface area contributed by atoms with Crippen LogP contribution in [0.4, 0.5) is 5.95 Å². The van der Waals surface area contributed by atoms with E-state index in [1.165, 1.54) is 6.42 Å². The van der Waals surface area contributed by atoms with Gasteiger partial charge in [0, 0.05) is 5.70 Å². The number of carbonyl (C=O) groups excluding carboxylic acids is 1. The third-order valence-electron chi connectivity index (χ3n) is 5.24. The summed E-state index contributed by atoms with van der Waals surface area (Å²) in [4.78, 5) is 13.1. The molecule has 2 aliphatic rings. The van der Waals surface area contributed by atoms with Crippen LogP contribution < -0.4 is 5.32 Å². The lowest BCUT2D eigenvalue weighted by Crippen LogP contribution is -2.32. The molecule has 1 atom stereocenters. The van der Waals surface area contributed by atoms with Crippen molar-refractivity contribution in [2.75, 3.05) is 5.32 Å². The normalized spacial score (nSPS) is 20.5. The molecule has 0 radical (unpaired) electrons. The van der Waals surface area contributed by atoms with Crippen molar-refractivity contribution in [2.24, 2.45) is 0 Å². The van der Waals surface area contributed by atoms with Gasteiger partial charge in [-0.15, -0.1) is 0 Å². The number of aromatic nitrogens is 4. The maximum Gasteiger partial charge on any atom is 0.338 e. The van der Waals surface area contributed by atoms with Crippen molar-refractivity contribution >= 4 is 11.9 Å². The van der Waals surface area contributed by atoms with Crippen LogP contribution in [0.3, 0.4) is 0 Å². The number of nitrogens with one attached hydrogen (secondary N) is 1. The molecule has 0 spiro atoms. The Morgan fingerprint density at radius 2 is 1.96 bits per heavy atom. The van der Waals surface area contributed by atoms with Crippen molar-refractivity contribution < 1.29 is 9.53 Å². The van der Waals surface area contributed by atoms with Gasteiger partial charge in [0.05, 0.1) is 5.57 Å². The molecule has 7 heteroatoms. The van der Waals surface area contributed by atoms with Crippen molar-refractivity contribution in [1.29, 1.82) is 0 Å². The highest BCUT2D eigenvalue weighted by Gasteiger charge is 2.36. The summed E-state index contributed by atoms with van der Waals surface area (Å²) in [6.45, 7) is 3.90. The Kier molecular flexibility index (Phi) is 4.44. The number of ether oxygens (including phenoxy) is 1. The Labute approximate surface area is 152 Å². The van der Waals surface area contributed by atoms with Gasteiger partial charge in [0.15, 0.2) is 0 Å². The predicted molar refractivity (Wildman–Crippen MR) is 96.4 cm³/mol. The Bertz CT molecular complexity index is 851. The van der Waals surface area contributed by atoms with Gasteiger partial charge in [-0.05, 0) is 61.1 Å². The van der Waals surface area contributed by atoms with Gasteiger partial charge < -0.3 is 10.1 Å². The number of hydrogen-bond donors (Lipinski definition) is 1. The standard InChI is InChI=1S/C19H23N5O2/c1-12-8-6-7-11-15(12)17-16(13(2)20-19-21-22-23-24(17)19)18(25)26-14-9-4-3-5-10-14/h6-8,11,14,17H,3-5,9-10H2,1-2H3,(H,20,21,23). The fourth-order valence-electron chi connectivity index (χ4n) is 3.86. The van der Waals surface area contributed by atoms with Crippen molar-refractivity contribution in [1.82, 2.24) is 20.2 Å². The molecule has 1 aliphatic heterocycles.